The molecule has 90 valence electrons. The molecule has 0 N–H and O–H groups in total. The second-order valence-corrected chi connectivity index (χ2v) is 5.23. The van der Waals surface area contributed by atoms with E-state index in [0.717, 1.165) is 41.5 Å². The first kappa shape index (κ1) is 11.4. The van der Waals surface area contributed by atoms with Crippen LogP contribution in [0.25, 0.3) is 11.0 Å². The summed E-state index contributed by atoms with van der Waals surface area (Å²) in [7, 11) is 0. The maximum atomic E-state index is 6.10. The van der Waals surface area contributed by atoms with Gasteiger partial charge in [-0.3, -0.25) is 0 Å². The van der Waals surface area contributed by atoms with Crippen molar-refractivity contribution in [2.45, 2.75) is 25.5 Å². The van der Waals surface area contributed by atoms with Gasteiger partial charge in [0.15, 0.2) is 11.4 Å². The number of halogens is 2. The van der Waals surface area contributed by atoms with Gasteiger partial charge in [-0.25, -0.2) is 9.67 Å². The van der Waals surface area contributed by atoms with E-state index in [1.54, 1.807) is 0 Å². The molecule has 0 aliphatic carbocycles. The molecule has 1 saturated heterocycles. The largest absolute Gasteiger partial charge is 0.356 e. The first-order valence-electron chi connectivity index (χ1n) is 5.57. The smallest absolute Gasteiger partial charge is 0.177 e. The summed E-state index contributed by atoms with van der Waals surface area (Å²) in [6.45, 7) is 0.785. The van der Waals surface area contributed by atoms with Crippen LogP contribution in [0.4, 0.5) is 0 Å². The van der Waals surface area contributed by atoms with Gasteiger partial charge in [0.2, 0.25) is 0 Å². The first-order chi connectivity index (χ1) is 8.25. The summed E-state index contributed by atoms with van der Waals surface area (Å²) in [6.07, 6.45) is 3.24. The van der Waals surface area contributed by atoms with Crippen LogP contribution in [-0.4, -0.2) is 21.4 Å². The minimum Gasteiger partial charge on any atom is -0.356 e. The zero-order chi connectivity index (χ0) is 11.8. The van der Waals surface area contributed by atoms with Gasteiger partial charge in [0.05, 0.1) is 5.52 Å². The number of aromatic nitrogens is 3. The molecule has 2 aromatic heterocycles. The maximum absolute atomic E-state index is 6.10. The molecule has 6 heteroatoms. The van der Waals surface area contributed by atoms with E-state index in [0.29, 0.717) is 5.15 Å². The summed E-state index contributed by atoms with van der Waals surface area (Å²) in [5, 5.41) is 4.75. The fraction of sp³-hybridized carbons (Fsp3) is 0.455. The molecule has 1 aliphatic heterocycles. The summed E-state index contributed by atoms with van der Waals surface area (Å²) in [5.41, 5.74) is 1.64. The summed E-state index contributed by atoms with van der Waals surface area (Å²) in [4.78, 5) is 4.34. The van der Waals surface area contributed by atoms with Gasteiger partial charge in [-0.05, 0) is 47.3 Å². The average Bonchev–Trinajstić information content (AvgIpc) is 2.68. The fourth-order valence-corrected chi connectivity index (χ4v) is 2.63. The Morgan fingerprint density at radius 1 is 1.41 bits per heavy atom. The highest BCUT2D eigenvalue weighted by Crippen LogP contribution is 2.29. The Hall–Kier alpha value is -0.650. The van der Waals surface area contributed by atoms with Crippen LogP contribution in [-0.2, 0) is 4.74 Å². The molecule has 17 heavy (non-hydrogen) atoms. The second-order valence-electron chi connectivity index (χ2n) is 4.06. The Morgan fingerprint density at radius 3 is 3.06 bits per heavy atom. The molecule has 0 amide bonds. The van der Waals surface area contributed by atoms with Gasteiger partial charge in [-0.2, -0.15) is 5.10 Å². The quantitative estimate of drug-likeness (QED) is 0.755. The lowest BCUT2D eigenvalue weighted by molar-refractivity contribution is -0.0366. The molecule has 1 fully saturated rings. The van der Waals surface area contributed by atoms with Crippen LogP contribution in [0.2, 0.25) is 5.15 Å². The van der Waals surface area contributed by atoms with Crippen LogP contribution in [0.1, 0.15) is 25.5 Å². The molecule has 3 rings (SSSR count). The van der Waals surface area contributed by atoms with Crippen LogP contribution in [0.5, 0.6) is 0 Å². The van der Waals surface area contributed by atoms with Gasteiger partial charge in [-0.15, -0.1) is 0 Å². The molecule has 3 heterocycles. The maximum Gasteiger partial charge on any atom is 0.177 e. The summed E-state index contributed by atoms with van der Waals surface area (Å²) in [5.74, 6) is 0. The van der Waals surface area contributed by atoms with E-state index >= 15 is 0 Å². The highest BCUT2D eigenvalue weighted by Gasteiger charge is 2.21. The van der Waals surface area contributed by atoms with Crippen molar-refractivity contribution in [2.24, 2.45) is 0 Å². The molecule has 0 radical (unpaired) electrons. The predicted octanol–water partition coefficient (Wildman–Crippen LogP) is 3.55. The number of hydrogen-bond donors (Lipinski definition) is 0. The highest BCUT2D eigenvalue weighted by atomic mass is 79.9. The third kappa shape index (κ3) is 2.07. The lowest BCUT2D eigenvalue weighted by atomic mass is 10.2. The Labute approximate surface area is 112 Å². The van der Waals surface area contributed by atoms with Crippen LogP contribution < -0.4 is 0 Å². The SMILES string of the molecule is Clc1nn(C2CCCCO2)c2ccc(Br)nc12. The predicted molar refractivity (Wildman–Crippen MR) is 69.1 cm³/mol. The van der Waals surface area contributed by atoms with Crippen molar-refractivity contribution in [3.63, 3.8) is 0 Å². The van der Waals surface area contributed by atoms with Crippen molar-refractivity contribution in [3.8, 4) is 0 Å². The van der Waals surface area contributed by atoms with Crippen LogP contribution >= 0.6 is 27.5 Å². The molecule has 1 atom stereocenters. The lowest BCUT2D eigenvalue weighted by Crippen LogP contribution is -2.19. The normalized spacial score (nSPS) is 20.9. The molecule has 0 aromatic carbocycles. The van der Waals surface area contributed by atoms with Crippen LogP contribution in [0, 0.1) is 0 Å². The minimum atomic E-state index is -0.0123. The van der Waals surface area contributed by atoms with Crippen LogP contribution in [0.3, 0.4) is 0 Å². The molecule has 0 saturated carbocycles. The molecular formula is C11H11BrClN3O. The molecule has 0 spiro atoms. The first-order valence-corrected chi connectivity index (χ1v) is 6.74. The molecular weight excluding hydrogens is 305 g/mol. The number of rotatable bonds is 1. The zero-order valence-corrected chi connectivity index (χ0v) is 11.4. The number of ether oxygens (including phenoxy) is 1. The number of nitrogens with zero attached hydrogens (tertiary/aromatic N) is 3. The van der Waals surface area contributed by atoms with Crippen molar-refractivity contribution >= 4 is 38.6 Å². The Morgan fingerprint density at radius 2 is 2.29 bits per heavy atom. The lowest BCUT2D eigenvalue weighted by Gasteiger charge is -2.23. The monoisotopic (exact) mass is 315 g/mol. The molecule has 1 unspecified atom stereocenters. The molecule has 2 aromatic rings. The van der Waals surface area contributed by atoms with Gasteiger partial charge in [-0.1, -0.05) is 11.6 Å². The third-order valence-corrected chi connectivity index (χ3v) is 3.60. The van der Waals surface area contributed by atoms with Crippen molar-refractivity contribution in [3.05, 3.63) is 21.9 Å². The second kappa shape index (κ2) is 4.55. The summed E-state index contributed by atoms with van der Waals surface area (Å²) in [6, 6.07) is 3.85. The Bertz CT molecular complexity index is 551. The van der Waals surface area contributed by atoms with Gasteiger partial charge in [0, 0.05) is 6.61 Å². The number of pyridine rings is 1. The summed E-state index contributed by atoms with van der Waals surface area (Å²) < 4.78 is 8.32. The number of hydrogen-bond acceptors (Lipinski definition) is 3. The van der Waals surface area contributed by atoms with Gasteiger partial charge < -0.3 is 4.74 Å². The van der Waals surface area contributed by atoms with E-state index in [4.69, 9.17) is 16.3 Å². The van der Waals surface area contributed by atoms with Crippen molar-refractivity contribution < 1.29 is 4.74 Å². The van der Waals surface area contributed by atoms with E-state index in [1.165, 1.54) is 0 Å². The van der Waals surface area contributed by atoms with Crippen LogP contribution in [0.15, 0.2) is 16.7 Å². The van der Waals surface area contributed by atoms with E-state index < -0.39 is 0 Å². The van der Waals surface area contributed by atoms with Crippen molar-refractivity contribution in [1.29, 1.82) is 0 Å². The fourth-order valence-electron chi connectivity index (χ4n) is 2.10. The third-order valence-electron chi connectivity index (χ3n) is 2.91. The van der Waals surface area contributed by atoms with Gasteiger partial charge in [0.1, 0.15) is 10.1 Å². The Kier molecular flexibility index (Phi) is 3.06. The van der Waals surface area contributed by atoms with E-state index in [2.05, 4.69) is 26.0 Å². The van der Waals surface area contributed by atoms with Gasteiger partial charge >= 0.3 is 0 Å². The Balaban J connectivity index is 2.10. The zero-order valence-electron chi connectivity index (χ0n) is 9.07. The van der Waals surface area contributed by atoms with Crippen molar-refractivity contribution in [2.75, 3.05) is 6.61 Å². The van der Waals surface area contributed by atoms with Gasteiger partial charge in [0.25, 0.3) is 0 Å². The topological polar surface area (TPSA) is 39.9 Å². The highest BCUT2D eigenvalue weighted by molar-refractivity contribution is 9.10. The molecule has 4 nitrogen and oxygen atoms in total. The van der Waals surface area contributed by atoms with E-state index in [1.807, 2.05) is 16.8 Å². The van der Waals surface area contributed by atoms with E-state index in [-0.39, 0.29) is 6.23 Å². The van der Waals surface area contributed by atoms with Crippen molar-refractivity contribution in [1.82, 2.24) is 14.8 Å². The molecule has 1 aliphatic rings. The summed E-state index contributed by atoms with van der Waals surface area (Å²) >= 11 is 9.43. The standard InChI is InChI=1S/C11H11BrClN3O/c12-8-5-4-7-10(14-8)11(13)15-16(7)9-3-1-2-6-17-9/h4-5,9H,1-3,6H2. The van der Waals surface area contributed by atoms with E-state index in [9.17, 15) is 0 Å². The molecule has 0 bridgehead atoms. The minimum absolute atomic E-state index is 0.0123. The average molecular weight is 317 g/mol. The number of fused-ring (bicyclic) bond motifs is 1.